The van der Waals surface area contributed by atoms with Gasteiger partial charge in [-0.3, -0.25) is 9.59 Å². The van der Waals surface area contributed by atoms with Crippen LogP contribution in [0.4, 0.5) is 0 Å². The highest BCUT2D eigenvalue weighted by Gasteiger charge is 2.84. The molecule has 1 saturated carbocycles. The first-order chi connectivity index (χ1) is 12.6. The smallest absolute Gasteiger partial charge is 0.302 e. The molecule has 8 nitrogen and oxygen atoms in total. The van der Waals surface area contributed by atoms with Gasteiger partial charge in [0.1, 0.15) is 30.5 Å². The molecule has 0 aromatic rings. The highest BCUT2D eigenvalue weighted by molar-refractivity contribution is 5.66. The van der Waals surface area contributed by atoms with E-state index >= 15 is 0 Å². The Labute approximate surface area is 157 Å². The molecule has 1 unspecified atom stereocenters. The number of hydrogen-bond donors (Lipinski definition) is 2. The Morgan fingerprint density at radius 3 is 2.52 bits per heavy atom. The van der Waals surface area contributed by atoms with Crippen molar-refractivity contribution in [2.45, 2.75) is 70.2 Å². The fourth-order valence-electron chi connectivity index (χ4n) is 5.65. The van der Waals surface area contributed by atoms with Crippen LogP contribution in [0.2, 0.25) is 0 Å². The van der Waals surface area contributed by atoms with E-state index in [0.717, 1.165) is 0 Å². The molecule has 8 heteroatoms. The number of fused-ring (bicyclic) bond motifs is 2. The summed E-state index contributed by atoms with van der Waals surface area (Å²) in [4.78, 5) is 23.2. The van der Waals surface area contributed by atoms with E-state index in [-0.39, 0.29) is 6.61 Å². The van der Waals surface area contributed by atoms with Gasteiger partial charge >= 0.3 is 11.9 Å². The number of aliphatic hydroxyl groups excluding tert-OH is 2. The highest BCUT2D eigenvalue weighted by atomic mass is 16.7. The molecular formula is C19H26O8. The maximum Gasteiger partial charge on any atom is 0.302 e. The summed E-state index contributed by atoms with van der Waals surface area (Å²) >= 11 is 0. The summed E-state index contributed by atoms with van der Waals surface area (Å²) in [7, 11) is 0. The van der Waals surface area contributed by atoms with Gasteiger partial charge in [0.25, 0.3) is 0 Å². The minimum Gasteiger partial charge on any atom is -0.465 e. The molecule has 27 heavy (non-hydrogen) atoms. The van der Waals surface area contributed by atoms with Crippen molar-refractivity contribution in [1.82, 2.24) is 0 Å². The first-order valence-corrected chi connectivity index (χ1v) is 9.23. The summed E-state index contributed by atoms with van der Waals surface area (Å²) in [6.45, 7) is 6.57. The lowest BCUT2D eigenvalue weighted by molar-refractivity contribution is -0.264. The minimum absolute atomic E-state index is 0.129. The summed E-state index contributed by atoms with van der Waals surface area (Å²) in [6, 6.07) is 0. The largest absolute Gasteiger partial charge is 0.465 e. The van der Waals surface area contributed by atoms with Crippen molar-refractivity contribution in [2.75, 3.05) is 13.2 Å². The van der Waals surface area contributed by atoms with Crippen LogP contribution in [0.3, 0.4) is 0 Å². The minimum atomic E-state index is -1.23. The van der Waals surface area contributed by atoms with Gasteiger partial charge in [-0.15, -0.1) is 0 Å². The van der Waals surface area contributed by atoms with Gasteiger partial charge in [-0.25, -0.2) is 0 Å². The van der Waals surface area contributed by atoms with Crippen LogP contribution in [-0.4, -0.2) is 71.5 Å². The monoisotopic (exact) mass is 382 g/mol. The van der Waals surface area contributed by atoms with Crippen molar-refractivity contribution >= 4 is 11.9 Å². The van der Waals surface area contributed by atoms with Gasteiger partial charge in [0.05, 0.1) is 24.2 Å². The van der Waals surface area contributed by atoms with Crippen LogP contribution in [0.15, 0.2) is 11.6 Å². The average molecular weight is 382 g/mol. The summed E-state index contributed by atoms with van der Waals surface area (Å²) < 4.78 is 23.1. The number of hydrogen-bond acceptors (Lipinski definition) is 8. The van der Waals surface area contributed by atoms with Crippen LogP contribution in [0.1, 0.15) is 34.1 Å². The summed E-state index contributed by atoms with van der Waals surface area (Å²) in [5.74, 6) is -0.901. The maximum atomic E-state index is 11.6. The van der Waals surface area contributed by atoms with Crippen molar-refractivity contribution in [2.24, 2.45) is 10.8 Å². The second-order valence-corrected chi connectivity index (χ2v) is 8.46. The molecule has 4 rings (SSSR count). The zero-order valence-corrected chi connectivity index (χ0v) is 15.9. The third kappa shape index (κ3) is 2.24. The lowest BCUT2D eigenvalue weighted by atomic mass is 9.50. The van der Waals surface area contributed by atoms with Crippen LogP contribution >= 0.6 is 0 Å². The summed E-state index contributed by atoms with van der Waals surface area (Å²) in [5, 5.41) is 21.8. The van der Waals surface area contributed by atoms with Gasteiger partial charge in [-0.05, 0) is 18.9 Å². The molecule has 0 aromatic carbocycles. The second-order valence-electron chi connectivity index (χ2n) is 8.46. The van der Waals surface area contributed by atoms with Crippen molar-refractivity contribution in [3.05, 3.63) is 11.6 Å². The topological polar surface area (TPSA) is 115 Å². The van der Waals surface area contributed by atoms with Crippen LogP contribution in [0, 0.1) is 10.8 Å². The number of carbonyl (C=O) groups excluding carboxylic acids is 2. The number of carbonyl (C=O) groups is 2. The molecule has 0 amide bonds. The molecule has 2 N–H and O–H groups in total. The van der Waals surface area contributed by atoms with Crippen LogP contribution < -0.4 is 0 Å². The maximum absolute atomic E-state index is 11.6. The van der Waals surface area contributed by atoms with E-state index in [1.807, 2.05) is 6.92 Å². The zero-order chi connectivity index (χ0) is 19.8. The van der Waals surface area contributed by atoms with Gasteiger partial charge in [0.2, 0.25) is 0 Å². The second kappa shape index (κ2) is 5.76. The molecule has 2 aliphatic carbocycles. The molecule has 4 aliphatic rings. The molecule has 2 aliphatic heterocycles. The van der Waals surface area contributed by atoms with Gasteiger partial charge in [0.15, 0.2) is 0 Å². The normalized spacial score (nSPS) is 50.0. The summed E-state index contributed by atoms with van der Waals surface area (Å²) in [5.41, 5.74) is -2.02. The number of ether oxygens (including phenoxy) is 4. The predicted molar refractivity (Wildman–Crippen MR) is 90.5 cm³/mol. The fourth-order valence-corrected chi connectivity index (χ4v) is 5.65. The molecular weight excluding hydrogens is 356 g/mol. The number of epoxide rings is 1. The first-order valence-electron chi connectivity index (χ1n) is 9.23. The van der Waals surface area contributed by atoms with Gasteiger partial charge in [-0.2, -0.15) is 0 Å². The lowest BCUT2D eigenvalue weighted by Gasteiger charge is -2.59. The highest BCUT2D eigenvalue weighted by Crippen LogP contribution is 2.71. The zero-order valence-electron chi connectivity index (χ0n) is 15.9. The Morgan fingerprint density at radius 2 is 1.96 bits per heavy atom. The average Bonchev–Trinajstić information content (AvgIpc) is 3.34. The van der Waals surface area contributed by atoms with Crippen LogP contribution in [0.25, 0.3) is 0 Å². The third-order valence-electron chi connectivity index (χ3n) is 7.16. The molecule has 2 bridgehead atoms. The SMILES string of the molecule is CC(=O)OC[C@]12[C@H](O)[C@H](O)C(C)=C[C@H]1O[C@@H]1[C@H](OC(C)=O)C[C@@]2(C)C12CO2. The molecule has 0 aromatic heterocycles. The quantitative estimate of drug-likeness (QED) is 0.401. The van der Waals surface area contributed by atoms with E-state index in [1.165, 1.54) is 13.8 Å². The predicted octanol–water partition coefficient (Wildman–Crippen LogP) is 0.0957. The Kier molecular flexibility index (Phi) is 4.03. The Bertz CT molecular complexity index is 712. The van der Waals surface area contributed by atoms with Crippen molar-refractivity contribution in [3.8, 4) is 0 Å². The van der Waals surface area contributed by atoms with E-state index in [1.54, 1.807) is 13.0 Å². The van der Waals surface area contributed by atoms with Crippen LogP contribution in [0.5, 0.6) is 0 Å². The Balaban J connectivity index is 1.85. The molecule has 3 fully saturated rings. The molecule has 0 radical (unpaired) electrons. The third-order valence-corrected chi connectivity index (χ3v) is 7.16. The lowest BCUT2D eigenvalue weighted by Crippen LogP contribution is -2.71. The van der Waals surface area contributed by atoms with Gasteiger partial charge in [0, 0.05) is 19.3 Å². The fraction of sp³-hybridized carbons (Fsp3) is 0.789. The molecule has 8 atom stereocenters. The molecule has 2 heterocycles. The van der Waals surface area contributed by atoms with Gasteiger partial charge in [-0.1, -0.05) is 13.0 Å². The Morgan fingerprint density at radius 1 is 1.30 bits per heavy atom. The van der Waals surface area contributed by atoms with E-state index in [2.05, 4.69) is 0 Å². The van der Waals surface area contributed by atoms with E-state index in [0.29, 0.717) is 18.6 Å². The van der Waals surface area contributed by atoms with E-state index in [4.69, 9.17) is 18.9 Å². The van der Waals surface area contributed by atoms with Gasteiger partial charge < -0.3 is 29.2 Å². The van der Waals surface area contributed by atoms with E-state index < -0.39 is 58.9 Å². The molecule has 2 saturated heterocycles. The van der Waals surface area contributed by atoms with Crippen molar-refractivity contribution < 1.29 is 38.7 Å². The number of rotatable bonds is 3. The number of aliphatic hydroxyl groups is 2. The molecule has 1 spiro atoms. The van der Waals surface area contributed by atoms with Crippen molar-refractivity contribution in [3.63, 3.8) is 0 Å². The van der Waals surface area contributed by atoms with Crippen LogP contribution in [-0.2, 0) is 28.5 Å². The van der Waals surface area contributed by atoms with E-state index in [9.17, 15) is 19.8 Å². The standard InChI is InChI=1S/C19H26O8/c1-9-5-13-18(7-24-10(2)20,15(23)14(9)22)17(4)6-12(26-11(3)21)16(27-13)19(17)8-25-19/h5,12-16,22-23H,6-8H2,1-4H3/t12-,13-,14-,15-,16-,17-,18-,19?/m1/s1. The summed E-state index contributed by atoms with van der Waals surface area (Å²) in [6.07, 6.45) is -1.81. The van der Waals surface area contributed by atoms with Crippen molar-refractivity contribution in [1.29, 1.82) is 0 Å². The first kappa shape index (κ1) is 18.9. The molecule has 150 valence electrons. The number of esters is 2. The Hall–Kier alpha value is -1.48.